The highest BCUT2D eigenvalue weighted by Gasteiger charge is 2.32. The second-order valence-corrected chi connectivity index (χ2v) is 11.1. The molecule has 0 fully saturated rings. The fraction of sp³-hybridized carbons (Fsp3) is 0.0526. The van der Waals surface area contributed by atoms with Gasteiger partial charge in [0.1, 0.15) is 40.7 Å². The van der Waals surface area contributed by atoms with Crippen molar-refractivity contribution < 1.29 is 30.7 Å². The molecule has 0 amide bonds. The van der Waals surface area contributed by atoms with E-state index in [0.717, 1.165) is 56.6 Å². The Balaban J connectivity index is 1.46. The SMILES string of the molecule is Cc1cc(F)c(C(c2cc(F)c(-c3ccc4c5ccccc5c5ccccc5c4c3)c(F)c2)c2c(F)cc(F)cc2F)c(F)c1. The lowest BCUT2D eigenvalue weighted by atomic mass is 9.82. The lowest BCUT2D eigenvalue weighted by molar-refractivity contribution is 0.504. The Labute approximate surface area is 253 Å². The van der Waals surface area contributed by atoms with Crippen molar-refractivity contribution in [3.05, 3.63) is 166 Å². The highest BCUT2D eigenvalue weighted by molar-refractivity contribution is 6.25. The van der Waals surface area contributed by atoms with Crippen LogP contribution in [0.15, 0.2) is 103 Å². The van der Waals surface area contributed by atoms with E-state index in [1.807, 2.05) is 48.5 Å². The van der Waals surface area contributed by atoms with Gasteiger partial charge in [-0.15, -0.1) is 0 Å². The molecular formula is C38H21F7. The summed E-state index contributed by atoms with van der Waals surface area (Å²) < 4.78 is 107. The van der Waals surface area contributed by atoms with E-state index in [-0.39, 0.29) is 11.1 Å². The molecule has 0 aromatic heterocycles. The molecule has 1 unspecified atom stereocenters. The van der Waals surface area contributed by atoms with Gasteiger partial charge >= 0.3 is 0 Å². The van der Waals surface area contributed by atoms with E-state index in [2.05, 4.69) is 0 Å². The topological polar surface area (TPSA) is 0 Å². The maximum absolute atomic E-state index is 16.0. The van der Waals surface area contributed by atoms with Crippen LogP contribution in [0.3, 0.4) is 0 Å². The van der Waals surface area contributed by atoms with E-state index in [9.17, 15) is 4.39 Å². The first kappa shape index (κ1) is 28.6. The lowest BCUT2D eigenvalue weighted by Gasteiger charge is -2.22. The van der Waals surface area contributed by atoms with E-state index in [1.165, 1.54) is 6.92 Å². The monoisotopic (exact) mass is 610 g/mol. The van der Waals surface area contributed by atoms with Crippen LogP contribution in [0.4, 0.5) is 30.7 Å². The van der Waals surface area contributed by atoms with Gasteiger partial charge in [-0.05, 0) is 86.3 Å². The van der Waals surface area contributed by atoms with Gasteiger partial charge in [0.2, 0.25) is 0 Å². The molecule has 0 aliphatic rings. The summed E-state index contributed by atoms with van der Waals surface area (Å²) in [7, 11) is 0. The second kappa shape index (κ2) is 10.8. The molecule has 45 heavy (non-hydrogen) atoms. The predicted octanol–water partition coefficient (Wildman–Crippen LogP) is 11.3. The molecule has 222 valence electrons. The molecule has 0 aliphatic heterocycles. The molecule has 0 saturated heterocycles. The zero-order valence-corrected chi connectivity index (χ0v) is 23.5. The first-order chi connectivity index (χ1) is 21.6. The summed E-state index contributed by atoms with van der Waals surface area (Å²) in [4.78, 5) is 0. The van der Waals surface area contributed by atoms with E-state index in [0.29, 0.717) is 12.1 Å². The molecule has 0 radical (unpaired) electrons. The Kier molecular flexibility index (Phi) is 6.84. The first-order valence-corrected chi connectivity index (χ1v) is 14.0. The minimum atomic E-state index is -1.98. The Morgan fingerprint density at radius 1 is 0.422 bits per heavy atom. The molecule has 0 N–H and O–H groups in total. The van der Waals surface area contributed by atoms with Crippen LogP contribution in [-0.2, 0) is 0 Å². The summed E-state index contributed by atoms with van der Waals surface area (Å²) in [6, 6.07) is 24.7. The number of hydrogen-bond acceptors (Lipinski definition) is 0. The minimum Gasteiger partial charge on any atom is -0.207 e. The van der Waals surface area contributed by atoms with Gasteiger partial charge in [-0.2, -0.15) is 0 Å². The van der Waals surface area contributed by atoms with Crippen LogP contribution >= 0.6 is 0 Å². The quantitative estimate of drug-likeness (QED) is 0.106. The summed E-state index contributed by atoms with van der Waals surface area (Å²) in [6.45, 7) is 1.41. The van der Waals surface area contributed by atoms with Crippen LogP contribution in [-0.4, -0.2) is 0 Å². The van der Waals surface area contributed by atoms with Gasteiger partial charge in [0.05, 0.1) is 5.56 Å². The summed E-state index contributed by atoms with van der Waals surface area (Å²) in [5.41, 5.74) is -2.31. The first-order valence-electron chi connectivity index (χ1n) is 14.0. The maximum Gasteiger partial charge on any atom is 0.134 e. The van der Waals surface area contributed by atoms with Gasteiger partial charge in [0.15, 0.2) is 0 Å². The Hall–Kier alpha value is -5.17. The molecule has 0 aliphatic carbocycles. The van der Waals surface area contributed by atoms with Crippen molar-refractivity contribution in [2.24, 2.45) is 0 Å². The molecule has 7 rings (SSSR count). The van der Waals surface area contributed by atoms with Gasteiger partial charge in [-0.1, -0.05) is 60.7 Å². The summed E-state index contributed by atoms with van der Waals surface area (Å²) in [5.74, 6) is -10.8. The molecule has 7 aromatic carbocycles. The zero-order chi connectivity index (χ0) is 31.6. The third-order valence-corrected chi connectivity index (χ3v) is 8.28. The fourth-order valence-corrected chi connectivity index (χ4v) is 6.39. The summed E-state index contributed by atoms with van der Waals surface area (Å²) >= 11 is 0. The Morgan fingerprint density at radius 2 is 0.844 bits per heavy atom. The fourth-order valence-electron chi connectivity index (χ4n) is 6.39. The van der Waals surface area contributed by atoms with Crippen LogP contribution in [0, 0.1) is 47.6 Å². The summed E-state index contributed by atoms with van der Waals surface area (Å²) in [6.07, 6.45) is 0. The average Bonchev–Trinajstić information content (AvgIpc) is 2.99. The van der Waals surface area contributed by atoms with Crippen molar-refractivity contribution in [3.63, 3.8) is 0 Å². The van der Waals surface area contributed by atoms with Gasteiger partial charge in [-0.3, -0.25) is 0 Å². The number of fused-ring (bicyclic) bond motifs is 6. The van der Waals surface area contributed by atoms with Gasteiger partial charge in [-0.25, -0.2) is 30.7 Å². The molecule has 0 heterocycles. The highest BCUT2D eigenvalue weighted by atomic mass is 19.2. The predicted molar refractivity (Wildman–Crippen MR) is 163 cm³/mol. The zero-order valence-electron chi connectivity index (χ0n) is 23.5. The van der Waals surface area contributed by atoms with Crippen molar-refractivity contribution in [1.29, 1.82) is 0 Å². The maximum atomic E-state index is 16.0. The van der Waals surface area contributed by atoms with Crippen LogP contribution < -0.4 is 0 Å². The molecule has 0 nitrogen and oxygen atoms in total. The number of aryl methyl sites for hydroxylation is 1. The molecule has 0 bridgehead atoms. The molecule has 7 aromatic rings. The van der Waals surface area contributed by atoms with Gasteiger partial charge < -0.3 is 0 Å². The summed E-state index contributed by atoms with van der Waals surface area (Å²) in [5, 5.41) is 5.44. The smallest absolute Gasteiger partial charge is 0.134 e. The van der Waals surface area contributed by atoms with Crippen LogP contribution in [0.1, 0.15) is 28.2 Å². The van der Waals surface area contributed by atoms with E-state index >= 15 is 26.3 Å². The molecule has 0 saturated carbocycles. The van der Waals surface area contributed by atoms with Crippen LogP contribution in [0.2, 0.25) is 0 Å². The Bertz CT molecular complexity index is 2160. The Morgan fingerprint density at radius 3 is 1.33 bits per heavy atom. The van der Waals surface area contributed by atoms with Crippen LogP contribution in [0.25, 0.3) is 43.4 Å². The van der Waals surface area contributed by atoms with Crippen molar-refractivity contribution in [2.75, 3.05) is 0 Å². The lowest BCUT2D eigenvalue weighted by Crippen LogP contribution is -2.14. The van der Waals surface area contributed by atoms with Crippen molar-refractivity contribution in [2.45, 2.75) is 12.8 Å². The number of benzene rings is 7. The third-order valence-electron chi connectivity index (χ3n) is 8.28. The van der Waals surface area contributed by atoms with Gasteiger partial charge in [0, 0.05) is 29.2 Å². The van der Waals surface area contributed by atoms with Crippen LogP contribution in [0.5, 0.6) is 0 Å². The van der Waals surface area contributed by atoms with Crippen molar-refractivity contribution in [3.8, 4) is 11.1 Å². The number of halogens is 7. The normalized spacial score (nSPS) is 12.4. The van der Waals surface area contributed by atoms with E-state index < -0.39 is 68.9 Å². The van der Waals surface area contributed by atoms with Crippen molar-refractivity contribution >= 4 is 32.3 Å². The minimum absolute atomic E-state index is 0.178. The molecule has 0 spiro atoms. The average molecular weight is 611 g/mol. The van der Waals surface area contributed by atoms with E-state index in [1.54, 1.807) is 18.2 Å². The standard InChI is InChI=1S/C38H21F7/c1-19-12-29(40)37(30(41)13-19)36(38-33(44)17-22(39)18-34(38)45)21-15-31(42)35(32(43)16-21)20-10-11-27-25-8-3-2-6-23(25)24-7-4-5-9-26(24)28(27)14-20/h2-18,36H,1H3. The molecule has 1 atom stereocenters. The van der Waals surface area contributed by atoms with E-state index in [4.69, 9.17) is 0 Å². The number of hydrogen-bond donors (Lipinski definition) is 0. The largest absolute Gasteiger partial charge is 0.207 e. The van der Waals surface area contributed by atoms with Gasteiger partial charge in [0.25, 0.3) is 0 Å². The highest BCUT2D eigenvalue weighted by Crippen LogP contribution is 2.42. The molecular weight excluding hydrogens is 589 g/mol. The number of rotatable bonds is 4. The molecule has 7 heteroatoms. The third kappa shape index (κ3) is 4.70. The second-order valence-electron chi connectivity index (χ2n) is 11.1. The van der Waals surface area contributed by atoms with Crippen molar-refractivity contribution in [1.82, 2.24) is 0 Å².